The number of aromatic nitrogens is 2. The highest BCUT2D eigenvalue weighted by atomic mass is 32.2. The highest BCUT2D eigenvalue weighted by Crippen LogP contribution is 2.24. The Bertz CT molecular complexity index is 930. The zero-order valence-corrected chi connectivity index (χ0v) is 14.6. The molecule has 0 spiro atoms. The Labute approximate surface area is 145 Å². The first kappa shape index (κ1) is 18.6. The molecule has 0 aliphatic heterocycles. The van der Waals surface area contributed by atoms with E-state index < -0.39 is 20.5 Å². The summed E-state index contributed by atoms with van der Waals surface area (Å²) in [5.41, 5.74) is 3.51. The minimum absolute atomic E-state index is 0.0580. The van der Waals surface area contributed by atoms with Crippen LogP contribution in [0.5, 0.6) is 0 Å². The van der Waals surface area contributed by atoms with Crippen molar-refractivity contribution in [3.05, 3.63) is 42.2 Å². The Kier molecular flexibility index (Phi) is 5.25. The Hall–Kier alpha value is -2.70. The van der Waals surface area contributed by atoms with Crippen molar-refractivity contribution >= 4 is 15.7 Å². The summed E-state index contributed by atoms with van der Waals surface area (Å²) in [5.74, 6) is -0.982. The number of carbonyl (C=O) groups is 1. The molecule has 0 aliphatic carbocycles. The van der Waals surface area contributed by atoms with Crippen LogP contribution in [0.4, 0.5) is 0 Å². The molecule has 1 aromatic carbocycles. The van der Waals surface area contributed by atoms with Gasteiger partial charge in [-0.3, -0.25) is 14.7 Å². The largest absolute Gasteiger partial charge is 0.289 e. The Morgan fingerprint density at radius 3 is 2.76 bits per heavy atom. The van der Waals surface area contributed by atoms with E-state index in [0.29, 0.717) is 5.56 Å². The van der Waals surface area contributed by atoms with E-state index in [0.717, 1.165) is 17.4 Å². The number of aryl methyl sites for hydroxylation is 1. The normalized spacial score (nSPS) is 13.7. The highest BCUT2D eigenvalue weighted by Gasteiger charge is 2.43. The predicted octanol–water partition coefficient (Wildman–Crippen LogP) is 1.12. The molecule has 1 atom stereocenters. The third-order valence-corrected chi connectivity index (χ3v) is 6.20. The summed E-state index contributed by atoms with van der Waals surface area (Å²) in [6.45, 7) is 1.42. The minimum atomic E-state index is -3.75. The molecule has 0 aliphatic rings. The van der Waals surface area contributed by atoms with Gasteiger partial charge in [-0.2, -0.15) is 10.4 Å². The molecule has 1 amide bonds. The molecule has 9 heteroatoms. The number of nitrogens with one attached hydrogen (secondary N) is 1. The van der Waals surface area contributed by atoms with Crippen LogP contribution in [0, 0.1) is 11.3 Å². The van der Waals surface area contributed by atoms with Crippen LogP contribution in [0.25, 0.3) is 11.1 Å². The summed E-state index contributed by atoms with van der Waals surface area (Å²) >= 11 is 0. The van der Waals surface area contributed by atoms with Gasteiger partial charge in [-0.05, 0) is 31.0 Å². The fourth-order valence-corrected chi connectivity index (χ4v) is 3.16. The van der Waals surface area contributed by atoms with E-state index in [1.54, 1.807) is 30.6 Å². The first-order valence-electron chi connectivity index (χ1n) is 7.38. The van der Waals surface area contributed by atoms with Crippen molar-refractivity contribution in [3.8, 4) is 17.2 Å². The molecule has 0 saturated carbocycles. The third kappa shape index (κ3) is 3.87. The topological polar surface area (TPSA) is 125 Å². The first-order chi connectivity index (χ1) is 11.7. The van der Waals surface area contributed by atoms with Gasteiger partial charge < -0.3 is 0 Å². The molecule has 0 saturated heterocycles. The standard InChI is InChI=1S/C16H18N4O4S/c1-16(15(21)19-22,25(2,23)24)6-7-20-11-14(10-18-20)13-5-3-4-12(8-13)9-17/h3-5,8,10-11,22H,6-7H2,1-2H3,(H,19,21). The lowest BCUT2D eigenvalue weighted by atomic mass is 10.1. The number of hydrogen-bond acceptors (Lipinski definition) is 6. The second-order valence-electron chi connectivity index (χ2n) is 5.88. The van der Waals surface area contributed by atoms with E-state index in [4.69, 9.17) is 10.5 Å². The smallest absolute Gasteiger partial charge is 0.264 e. The molecule has 1 heterocycles. The summed E-state index contributed by atoms with van der Waals surface area (Å²) in [4.78, 5) is 11.8. The number of benzene rings is 1. The van der Waals surface area contributed by atoms with Crippen LogP contribution in [0.3, 0.4) is 0 Å². The molecular formula is C16H18N4O4S. The van der Waals surface area contributed by atoms with Gasteiger partial charge in [-0.15, -0.1) is 0 Å². The van der Waals surface area contributed by atoms with Gasteiger partial charge in [0.15, 0.2) is 14.6 Å². The summed E-state index contributed by atoms with van der Waals surface area (Å²) in [5, 5.41) is 21.9. The van der Waals surface area contributed by atoms with Crippen molar-refractivity contribution < 1.29 is 18.4 Å². The van der Waals surface area contributed by atoms with Crippen molar-refractivity contribution in [2.45, 2.75) is 24.6 Å². The van der Waals surface area contributed by atoms with Crippen molar-refractivity contribution in [2.24, 2.45) is 0 Å². The maximum Gasteiger partial charge on any atom is 0.264 e. The molecule has 1 unspecified atom stereocenters. The number of hydroxylamine groups is 1. The minimum Gasteiger partial charge on any atom is -0.289 e. The zero-order valence-electron chi connectivity index (χ0n) is 13.8. The molecule has 8 nitrogen and oxygen atoms in total. The number of carbonyl (C=O) groups excluding carboxylic acids is 1. The lowest BCUT2D eigenvalue weighted by Crippen LogP contribution is -2.49. The number of amides is 1. The van der Waals surface area contributed by atoms with E-state index in [9.17, 15) is 13.2 Å². The van der Waals surface area contributed by atoms with Gasteiger partial charge >= 0.3 is 0 Å². The zero-order chi connectivity index (χ0) is 18.7. The molecule has 132 valence electrons. The summed E-state index contributed by atoms with van der Waals surface area (Å²) in [6, 6.07) is 9.08. The van der Waals surface area contributed by atoms with Crippen molar-refractivity contribution in [1.29, 1.82) is 5.26 Å². The molecule has 2 aromatic rings. The maximum absolute atomic E-state index is 11.9. The third-order valence-electron chi connectivity index (χ3n) is 4.18. The fourth-order valence-electron chi connectivity index (χ4n) is 2.32. The summed E-state index contributed by atoms with van der Waals surface area (Å²) in [6.07, 6.45) is 4.19. The van der Waals surface area contributed by atoms with Gasteiger partial charge in [0.25, 0.3) is 5.91 Å². The Morgan fingerprint density at radius 1 is 1.44 bits per heavy atom. The van der Waals surface area contributed by atoms with Crippen molar-refractivity contribution in [2.75, 3.05) is 6.26 Å². The molecule has 0 bridgehead atoms. The average Bonchev–Trinajstić information content (AvgIpc) is 3.07. The second kappa shape index (κ2) is 7.04. The van der Waals surface area contributed by atoms with Crippen LogP contribution in [0.1, 0.15) is 18.9 Å². The van der Waals surface area contributed by atoms with Crippen molar-refractivity contribution in [1.82, 2.24) is 15.3 Å². The Balaban J connectivity index is 2.21. The number of rotatable bonds is 6. The molecule has 25 heavy (non-hydrogen) atoms. The summed E-state index contributed by atoms with van der Waals surface area (Å²) in [7, 11) is -3.75. The van der Waals surface area contributed by atoms with Crippen LogP contribution in [-0.4, -0.2) is 40.3 Å². The monoisotopic (exact) mass is 362 g/mol. The van der Waals surface area contributed by atoms with Gasteiger partial charge in [0.1, 0.15) is 0 Å². The number of sulfone groups is 1. The van der Waals surface area contributed by atoms with Crippen LogP contribution in [0.15, 0.2) is 36.7 Å². The SMILES string of the molecule is CC(CCn1cc(-c2cccc(C#N)c2)cn1)(C(=O)NO)S(C)(=O)=O. The van der Waals surface area contributed by atoms with Crippen LogP contribution in [-0.2, 0) is 21.2 Å². The molecule has 0 fully saturated rings. The lowest BCUT2D eigenvalue weighted by molar-refractivity contribution is -0.131. The highest BCUT2D eigenvalue weighted by molar-refractivity contribution is 7.92. The molecule has 1 aromatic heterocycles. The predicted molar refractivity (Wildman–Crippen MR) is 90.2 cm³/mol. The Morgan fingerprint density at radius 2 is 2.16 bits per heavy atom. The van der Waals surface area contributed by atoms with E-state index >= 15 is 0 Å². The summed E-state index contributed by atoms with van der Waals surface area (Å²) < 4.78 is 23.6. The van der Waals surface area contributed by atoms with Crippen LogP contribution in [0.2, 0.25) is 0 Å². The number of hydrogen-bond donors (Lipinski definition) is 2. The number of nitrogens with zero attached hydrogens (tertiary/aromatic N) is 3. The van der Waals surface area contributed by atoms with Gasteiger partial charge in [-0.1, -0.05) is 12.1 Å². The first-order valence-corrected chi connectivity index (χ1v) is 9.27. The molecule has 0 radical (unpaired) electrons. The lowest BCUT2D eigenvalue weighted by Gasteiger charge is -2.24. The van der Waals surface area contributed by atoms with Gasteiger partial charge in [-0.25, -0.2) is 13.9 Å². The van der Waals surface area contributed by atoms with Gasteiger partial charge in [0.2, 0.25) is 0 Å². The molecule has 2 rings (SSSR count). The molecule has 2 N–H and O–H groups in total. The van der Waals surface area contributed by atoms with Crippen LogP contribution < -0.4 is 5.48 Å². The van der Waals surface area contributed by atoms with E-state index in [2.05, 4.69) is 11.2 Å². The quantitative estimate of drug-likeness (QED) is 0.586. The maximum atomic E-state index is 11.9. The van der Waals surface area contributed by atoms with E-state index in [1.165, 1.54) is 17.1 Å². The van der Waals surface area contributed by atoms with Crippen molar-refractivity contribution in [3.63, 3.8) is 0 Å². The van der Waals surface area contributed by atoms with E-state index in [1.807, 2.05) is 6.07 Å². The number of nitriles is 1. The molecular weight excluding hydrogens is 344 g/mol. The van der Waals surface area contributed by atoms with Crippen LogP contribution >= 0.6 is 0 Å². The second-order valence-corrected chi connectivity index (χ2v) is 8.32. The van der Waals surface area contributed by atoms with Gasteiger partial charge in [0.05, 0.1) is 17.8 Å². The van der Waals surface area contributed by atoms with E-state index in [-0.39, 0.29) is 13.0 Å². The van der Waals surface area contributed by atoms with Gasteiger partial charge in [0, 0.05) is 24.6 Å². The fraction of sp³-hybridized carbons (Fsp3) is 0.312. The average molecular weight is 362 g/mol.